The Balaban J connectivity index is 1.36. The molecule has 2 aliphatic heterocycles. The fourth-order valence-corrected chi connectivity index (χ4v) is 5.09. The van der Waals surface area contributed by atoms with Gasteiger partial charge in [-0.25, -0.2) is 0 Å². The van der Waals surface area contributed by atoms with Crippen LogP contribution in [0.3, 0.4) is 0 Å². The van der Waals surface area contributed by atoms with Crippen LogP contribution in [0.1, 0.15) is 31.8 Å². The van der Waals surface area contributed by atoms with Gasteiger partial charge in [0.2, 0.25) is 0 Å². The van der Waals surface area contributed by atoms with Gasteiger partial charge in [-0.1, -0.05) is 48.0 Å². The normalized spacial score (nSPS) is 15.6. The maximum absolute atomic E-state index is 13.4. The molecule has 0 aliphatic carbocycles. The number of morpholine rings is 1. The highest BCUT2D eigenvalue weighted by molar-refractivity contribution is 6.34. The fraction of sp³-hybridized carbons (Fsp3) is 0.310. The Morgan fingerprint density at radius 1 is 0.865 bits per heavy atom. The third kappa shape index (κ3) is 6.13. The predicted octanol–water partition coefficient (Wildman–Crippen LogP) is 4.22. The third-order valence-electron chi connectivity index (χ3n) is 6.91. The van der Waals surface area contributed by atoms with Gasteiger partial charge in [0, 0.05) is 50.6 Å². The second-order valence-corrected chi connectivity index (χ2v) is 9.72. The van der Waals surface area contributed by atoms with Crippen LogP contribution >= 0.6 is 11.6 Å². The minimum atomic E-state index is -0.316. The smallest absolute Gasteiger partial charge is 0.257 e. The summed E-state index contributed by atoms with van der Waals surface area (Å²) in [4.78, 5) is 30.8. The molecule has 0 aromatic heterocycles. The summed E-state index contributed by atoms with van der Waals surface area (Å²) < 4.78 is 5.41. The average Bonchev–Trinajstić information content (AvgIpc) is 2.93. The summed E-state index contributed by atoms with van der Waals surface area (Å²) in [5.74, 6) is -0.472. The van der Waals surface area contributed by atoms with Crippen LogP contribution < -0.4 is 15.5 Å². The van der Waals surface area contributed by atoms with Crippen LogP contribution in [0, 0.1) is 0 Å². The van der Waals surface area contributed by atoms with Crippen molar-refractivity contribution in [3.8, 4) is 0 Å². The van der Waals surface area contributed by atoms with Crippen LogP contribution in [0.25, 0.3) is 0 Å². The SMILES string of the molecule is O=C(Nc1ccc(N2CCc3ccccc3C2)c(C(=O)NCCN2CCOCC2)c1)c1ccccc1Cl. The molecule has 3 aromatic carbocycles. The Morgan fingerprint density at radius 2 is 1.62 bits per heavy atom. The van der Waals surface area contributed by atoms with E-state index in [9.17, 15) is 9.59 Å². The Kier molecular flexibility index (Phi) is 8.04. The summed E-state index contributed by atoms with van der Waals surface area (Å²) in [6, 6.07) is 20.9. The van der Waals surface area contributed by atoms with Crippen molar-refractivity contribution >= 4 is 34.8 Å². The minimum absolute atomic E-state index is 0.157. The van der Waals surface area contributed by atoms with E-state index >= 15 is 0 Å². The van der Waals surface area contributed by atoms with Crippen molar-refractivity contribution in [1.29, 1.82) is 0 Å². The lowest BCUT2D eigenvalue weighted by molar-refractivity contribution is 0.0383. The summed E-state index contributed by atoms with van der Waals surface area (Å²) in [6.07, 6.45) is 0.916. The maximum atomic E-state index is 13.4. The number of rotatable bonds is 7. The van der Waals surface area contributed by atoms with E-state index in [-0.39, 0.29) is 11.8 Å². The molecule has 5 rings (SSSR count). The van der Waals surface area contributed by atoms with E-state index in [2.05, 4.69) is 44.7 Å². The first-order valence-electron chi connectivity index (χ1n) is 12.7. The molecular weight excluding hydrogens is 488 g/mol. The summed E-state index contributed by atoms with van der Waals surface area (Å²) >= 11 is 6.21. The molecule has 8 heteroatoms. The van der Waals surface area contributed by atoms with Crippen LogP contribution in [0.15, 0.2) is 66.7 Å². The number of ether oxygens (including phenoxy) is 1. The molecule has 0 radical (unpaired) electrons. The standard InChI is InChI=1S/C29H31ClN4O3/c30-26-8-4-3-7-24(26)29(36)32-23-9-10-27(34-13-11-21-5-1-2-6-22(21)20-34)25(19-23)28(35)31-12-14-33-15-17-37-18-16-33/h1-10,19H,11-18,20H2,(H,31,35)(H,32,36). The van der Waals surface area contributed by atoms with Gasteiger partial charge in [0.15, 0.2) is 0 Å². The van der Waals surface area contributed by atoms with E-state index in [1.165, 1.54) is 11.1 Å². The number of benzene rings is 3. The average molecular weight is 519 g/mol. The van der Waals surface area contributed by atoms with Gasteiger partial charge in [0.05, 0.1) is 29.4 Å². The molecule has 2 heterocycles. The number of carbonyl (C=O) groups is 2. The lowest BCUT2D eigenvalue weighted by Gasteiger charge is -2.32. The zero-order valence-electron chi connectivity index (χ0n) is 20.7. The second-order valence-electron chi connectivity index (χ2n) is 9.32. The Morgan fingerprint density at radius 3 is 2.43 bits per heavy atom. The molecule has 0 bridgehead atoms. The van der Waals surface area contributed by atoms with Gasteiger partial charge in [-0.2, -0.15) is 0 Å². The number of anilines is 2. The van der Waals surface area contributed by atoms with Crippen molar-refractivity contribution < 1.29 is 14.3 Å². The number of fused-ring (bicyclic) bond motifs is 1. The summed E-state index contributed by atoms with van der Waals surface area (Å²) in [7, 11) is 0. The number of halogens is 1. The highest BCUT2D eigenvalue weighted by atomic mass is 35.5. The molecule has 2 aliphatic rings. The van der Waals surface area contributed by atoms with Crippen molar-refractivity contribution in [2.45, 2.75) is 13.0 Å². The summed E-state index contributed by atoms with van der Waals surface area (Å²) in [5, 5.41) is 6.37. The van der Waals surface area contributed by atoms with E-state index in [4.69, 9.17) is 16.3 Å². The van der Waals surface area contributed by atoms with Crippen molar-refractivity contribution in [2.75, 3.05) is 56.2 Å². The molecule has 0 unspecified atom stereocenters. The molecule has 2 N–H and O–H groups in total. The fourth-order valence-electron chi connectivity index (χ4n) is 4.86. The number of hydrogen-bond acceptors (Lipinski definition) is 5. The van der Waals surface area contributed by atoms with E-state index < -0.39 is 0 Å². The van der Waals surface area contributed by atoms with E-state index in [0.29, 0.717) is 28.4 Å². The van der Waals surface area contributed by atoms with Gasteiger partial charge >= 0.3 is 0 Å². The number of amides is 2. The van der Waals surface area contributed by atoms with E-state index in [0.717, 1.165) is 58.0 Å². The van der Waals surface area contributed by atoms with Gasteiger partial charge in [-0.15, -0.1) is 0 Å². The monoisotopic (exact) mass is 518 g/mol. The molecule has 1 saturated heterocycles. The number of hydrogen-bond donors (Lipinski definition) is 2. The minimum Gasteiger partial charge on any atom is -0.379 e. The summed E-state index contributed by atoms with van der Waals surface area (Å²) in [6.45, 7) is 6.05. The highest BCUT2D eigenvalue weighted by Gasteiger charge is 2.22. The molecule has 3 aromatic rings. The third-order valence-corrected chi connectivity index (χ3v) is 7.24. The van der Waals surface area contributed by atoms with Crippen molar-refractivity contribution in [3.05, 3.63) is 94.0 Å². The molecule has 37 heavy (non-hydrogen) atoms. The van der Waals surface area contributed by atoms with Gasteiger partial charge in [-0.05, 0) is 47.9 Å². The molecule has 2 amide bonds. The lowest BCUT2D eigenvalue weighted by atomic mass is 9.98. The van der Waals surface area contributed by atoms with E-state index in [1.54, 1.807) is 30.3 Å². The molecule has 192 valence electrons. The number of nitrogens with one attached hydrogen (secondary N) is 2. The number of carbonyl (C=O) groups excluding carboxylic acids is 2. The molecular formula is C29H31ClN4O3. The maximum Gasteiger partial charge on any atom is 0.257 e. The Bertz CT molecular complexity index is 1280. The zero-order chi connectivity index (χ0) is 25.6. The van der Waals surface area contributed by atoms with Crippen LogP contribution in [-0.2, 0) is 17.7 Å². The zero-order valence-corrected chi connectivity index (χ0v) is 21.5. The molecule has 0 saturated carbocycles. The largest absolute Gasteiger partial charge is 0.379 e. The van der Waals surface area contributed by atoms with Gasteiger partial charge in [0.25, 0.3) is 11.8 Å². The Hall–Kier alpha value is -3.39. The molecule has 0 atom stereocenters. The first-order valence-corrected chi connectivity index (χ1v) is 13.1. The molecule has 7 nitrogen and oxygen atoms in total. The first-order chi connectivity index (χ1) is 18.1. The van der Waals surface area contributed by atoms with Gasteiger partial charge < -0.3 is 20.3 Å². The number of nitrogens with zero attached hydrogens (tertiary/aromatic N) is 2. The molecule has 1 fully saturated rings. The van der Waals surface area contributed by atoms with E-state index in [1.807, 2.05) is 12.1 Å². The van der Waals surface area contributed by atoms with Crippen LogP contribution in [0.2, 0.25) is 5.02 Å². The summed E-state index contributed by atoms with van der Waals surface area (Å²) in [5.41, 5.74) is 4.94. The predicted molar refractivity (Wildman–Crippen MR) is 147 cm³/mol. The highest BCUT2D eigenvalue weighted by Crippen LogP contribution is 2.30. The lowest BCUT2D eigenvalue weighted by Crippen LogP contribution is -2.41. The van der Waals surface area contributed by atoms with Crippen LogP contribution in [-0.4, -0.2) is 62.7 Å². The topological polar surface area (TPSA) is 73.9 Å². The molecule has 0 spiro atoms. The van der Waals surface area contributed by atoms with Crippen LogP contribution in [0.4, 0.5) is 11.4 Å². The second kappa shape index (κ2) is 11.8. The van der Waals surface area contributed by atoms with Gasteiger partial charge in [0.1, 0.15) is 0 Å². The van der Waals surface area contributed by atoms with Crippen molar-refractivity contribution in [2.24, 2.45) is 0 Å². The Labute approximate surface area is 222 Å². The van der Waals surface area contributed by atoms with Crippen molar-refractivity contribution in [3.63, 3.8) is 0 Å². The van der Waals surface area contributed by atoms with Gasteiger partial charge in [-0.3, -0.25) is 14.5 Å². The first kappa shape index (κ1) is 25.3. The quantitative estimate of drug-likeness (QED) is 0.490. The van der Waals surface area contributed by atoms with Crippen LogP contribution in [0.5, 0.6) is 0 Å². The van der Waals surface area contributed by atoms with Crippen molar-refractivity contribution in [1.82, 2.24) is 10.2 Å².